The average Bonchev–Trinajstić information content (AvgIpc) is 2.61. The summed E-state index contributed by atoms with van der Waals surface area (Å²) in [6.45, 7) is 2.92. The van der Waals surface area contributed by atoms with Crippen LogP contribution in [-0.4, -0.2) is 23.3 Å². The Hall–Kier alpha value is -0.570. The third-order valence-corrected chi connectivity index (χ3v) is 3.14. The maximum atomic E-state index is 10.8. The number of carboxylic acid groups (broad SMARTS) is 1. The maximum Gasteiger partial charge on any atom is 0.306 e. The van der Waals surface area contributed by atoms with Crippen LogP contribution in [-0.2, 0) is 9.53 Å². The molecule has 0 aromatic rings. The van der Waals surface area contributed by atoms with Crippen LogP contribution in [0.2, 0.25) is 0 Å². The number of hydrogen-bond donors (Lipinski definition) is 1. The zero-order valence-corrected chi connectivity index (χ0v) is 9.63. The molecule has 1 unspecified atom stereocenters. The highest BCUT2D eigenvalue weighted by Crippen LogP contribution is 2.34. The lowest BCUT2D eigenvalue weighted by Gasteiger charge is -2.26. The van der Waals surface area contributed by atoms with Gasteiger partial charge in [0.25, 0.3) is 0 Å². The first-order chi connectivity index (χ1) is 7.18. The fraction of sp³-hybridized carbons (Fsp3) is 0.917. The van der Waals surface area contributed by atoms with Gasteiger partial charge in [0.05, 0.1) is 12.0 Å². The Labute approximate surface area is 91.8 Å². The second-order valence-corrected chi connectivity index (χ2v) is 4.52. The number of rotatable bonds is 7. The summed E-state index contributed by atoms with van der Waals surface area (Å²) in [7, 11) is 0. The van der Waals surface area contributed by atoms with E-state index in [2.05, 4.69) is 6.92 Å². The highest BCUT2D eigenvalue weighted by atomic mass is 16.5. The Morgan fingerprint density at radius 1 is 1.40 bits per heavy atom. The van der Waals surface area contributed by atoms with E-state index in [-0.39, 0.29) is 12.0 Å². The minimum Gasteiger partial charge on any atom is -0.481 e. The Balaban J connectivity index is 2.32. The molecule has 15 heavy (non-hydrogen) atoms. The van der Waals surface area contributed by atoms with Crippen LogP contribution in [0.1, 0.15) is 58.3 Å². The molecule has 3 heteroatoms. The average molecular weight is 214 g/mol. The lowest BCUT2D eigenvalue weighted by atomic mass is 9.89. The number of aliphatic carboxylic acids is 1. The van der Waals surface area contributed by atoms with Gasteiger partial charge >= 0.3 is 5.97 Å². The lowest BCUT2D eigenvalue weighted by Crippen LogP contribution is -2.30. The summed E-state index contributed by atoms with van der Waals surface area (Å²) in [5.41, 5.74) is -0.334. The monoisotopic (exact) mass is 214 g/mol. The van der Waals surface area contributed by atoms with Gasteiger partial charge in [-0.15, -0.1) is 0 Å². The first kappa shape index (κ1) is 12.5. The predicted molar refractivity (Wildman–Crippen MR) is 58.9 cm³/mol. The van der Waals surface area contributed by atoms with Crippen LogP contribution in [0.15, 0.2) is 0 Å². The van der Waals surface area contributed by atoms with Crippen LogP contribution >= 0.6 is 0 Å². The van der Waals surface area contributed by atoms with E-state index in [1.54, 1.807) is 0 Å². The van der Waals surface area contributed by atoms with Crippen molar-refractivity contribution in [3.05, 3.63) is 0 Å². The first-order valence-corrected chi connectivity index (χ1v) is 6.04. The van der Waals surface area contributed by atoms with Gasteiger partial charge < -0.3 is 9.84 Å². The number of carboxylic acids is 1. The number of unbranched alkanes of at least 4 members (excludes halogenated alkanes) is 3. The van der Waals surface area contributed by atoms with Gasteiger partial charge in [-0.05, 0) is 19.3 Å². The smallest absolute Gasteiger partial charge is 0.306 e. The molecule has 1 aliphatic heterocycles. The summed E-state index contributed by atoms with van der Waals surface area (Å²) in [6, 6.07) is 0. The summed E-state index contributed by atoms with van der Waals surface area (Å²) < 4.78 is 5.65. The molecule has 1 N–H and O–H groups in total. The Bertz CT molecular complexity index is 195. The summed E-state index contributed by atoms with van der Waals surface area (Å²) in [5.74, 6) is -0.729. The Morgan fingerprint density at radius 2 is 2.20 bits per heavy atom. The minimum absolute atomic E-state index is 0.180. The fourth-order valence-electron chi connectivity index (χ4n) is 2.33. The SMILES string of the molecule is CCCCCCC1(CC(=O)O)CCCO1. The molecular formula is C12H22O3. The zero-order valence-electron chi connectivity index (χ0n) is 9.63. The van der Waals surface area contributed by atoms with E-state index in [1.165, 1.54) is 19.3 Å². The number of ether oxygens (including phenoxy) is 1. The first-order valence-electron chi connectivity index (χ1n) is 6.04. The van der Waals surface area contributed by atoms with Crippen molar-refractivity contribution >= 4 is 5.97 Å². The Morgan fingerprint density at radius 3 is 2.73 bits per heavy atom. The van der Waals surface area contributed by atoms with Crippen molar-refractivity contribution in [1.82, 2.24) is 0 Å². The molecule has 0 aliphatic carbocycles. The van der Waals surface area contributed by atoms with Crippen molar-refractivity contribution in [3.8, 4) is 0 Å². The van der Waals surface area contributed by atoms with Crippen molar-refractivity contribution in [1.29, 1.82) is 0 Å². The highest BCUT2D eigenvalue weighted by Gasteiger charge is 2.36. The molecule has 1 aliphatic rings. The topological polar surface area (TPSA) is 46.5 Å². The molecule has 0 aromatic carbocycles. The minimum atomic E-state index is -0.729. The molecule has 0 aromatic heterocycles. The van der Waals surface area contributed by atoms with E-state index in [1.807, 2.05) is 0 Å². The van der Waals surface area contributed by atoms with Gasteiger partial charge in [0.1, 0.15) is 0 Å². The van der Waals surface area contributed by atoms with Gasteiger partial charge in [0.15, 0.2) is 0 Å². The Kier molecular flexibility index (Phi) is 5.09. The fourth-order valence-corrected chi connectivity index (χ4v) is 2.33. The van der Waals surface area contributed by atoms with E-state index in [4.69, 9.17) is 9.84 Å². The van der Waals surface area contributed by atoms with Gasteiger partial charge in [-0.1, -0.05) is 32.6 Å². The molecule has 0 saturated carbocycles. The van der Waals surface area contributed by atoms with Crippen molar-refractivity contribution in [2.75, 3.05) is 6.61 Å². The molecule has 1 atom stereocenters. The lowest BCUT2D eigenvalue weighted by molar-refractivity contribution is -0.143. The van der Waals surface area contributed by atoms with Gasteiger partial charge in [0.2, 0.25) is 0 Å². The molecule has 0 amide bonds. The molecule has 1 heterocycles. The zero-order chi connectivity index (χ0) is 11.1. The molecule has 0 spiro atoms. The summed E-state index contributed by atoms with van der Waals surface area (Å²) in [5, 5.41) is 8.86. The largest absolute Gasteiger partial charge is 0.481 e. The van der Waals surface area contributed by atoms with Crippen molar-refractivity contribution < 1.29 is 14.6 Å². The van der Waals surface area contributed by atoms with Crippen LogP contribution in [0, 0.1) is 0 Å². The third kappa shape index (κ3) is 4.20. The van der Waals surface area contributed by atoms with Crippen molar-refractivity contribution in [3.63, 3.8) is 0 Å². The normalized spacial score (nSPS) is 25.7. The van der Waals surface area contributed by atoms with Crippen molar-refractivity contribution in [2.24, 2.45) is 0 Å². The van der Waals surface area contributed by atoms with Gasteiger partial charge in [-0.3, -0.25) is 4.79 Å². The second-order valence-electron chi connectivity index (χ2n) is 4.52. The van der Waals surface area contributed by atoms with Crippen LogP contribution in [0.5, 0.6) is 0 Å². The van der Waals surface area contributed by atoms with Gasteiger partial charge in [-0.25, -0.2) is 0 Å². The van der Waals surface area contributed by atoms with Gasteiger partial charge in [-0.2, -0.15) is 0 Å². The summed E-state index contributed by atoms with van der Waals surface area (Å²) >= 11 is 0. The molecule has 1 saturated heterocycles. The number of carbonyl (C=O) groups is 1. The van der Waals surface area contributed by atoms with Crippen LogP contribution in [0.25, 0.3) is 0 Å². The standard InChI is InChI=1S/C12H22O3/c1-2-3-4-5-7-12(10-11(13)14)8-6-9-15-12/h2-10H2,1H3,(H,13,14). The van der Waals surface area contributed by atoms with E-state index >= 15 is 0 Å². The van der Waals surface area contributed by atoms with E-state index < -0.39 is 5.97 Å². The van der Waals surface area contributed by atoms with E-state index in [0.29, 0.717) is 0 Å². The highest BCUT2D eigenvalue weighted by molar-refractivity contribution is 5.68. The molecule has 1 rings (SSSR count). The van der Waals surface area contributed by atoms with Gasteiger partial charge in [0, 0.05) is 6.61 Å². The predicted octanol–water partition coefficient (Wildman–Crippen LogP) is 2.98. The van der Waals surface area contributed by atoms with Crippen LogP contribution in [0.3, 0.4) is 0 Å². The molecule has 1 fully saturated rings. The summed E-state index contributed by atoms with van der Waals surface area (Å²) in [6.07, 6.45) is 7.78. The quantitative estimate of drug-likeness (QED) is 0.663. The molecular weight excluding hydrogens is 192 g/mol. The van der Waals surface area contributed by atoms with Crippen LogP contribution in [0.4, 0.5) is 0 Å². The second kappa shape index (κ2) is 6.11. The van der Waals surface area contributed by atoms with Crippen molar-refractivity contribution in [2.45, 2.75) is 63.9 Å². The number of hydrogen-bond acceptors (Lipinski definition) is 2. The van der Waals surface area contributed by atoms with E-state index in [9.17, 15) is 4.79 Å². The van der Waals surface area contributed by atoms with E-state index in [0.717, 1.165) is 32.3 Å². The molecule has 88 valence electrons. The summed E-state index contributed by atoms with van der Waals surface area (Å²) in [4.78, 5) is 10.8. The third-order valence-electron chi connectivity index (χ3n) is 3.14. The molecule has 3 nitrogen and oxygen atoms in total. The van der Waals surface area contributed by atoms with Crippen LogP contribution < -0.4 is 0 Å². The maximum absolute atomic E-state index is 10.8. The molecule has 0 bridgehead atoms. The molecule has 0 radical (unpaired) electrons.